The molecule has 2 unspecified atom stereocenters. The topological polar surface area (TPSA) is 107 Å². The Bertz CT molecular complexity index is 1230. The van der Waals surface area contributed by atoms with Gasteiger partial charge in [0.05, 0.1) is 28.0 Å². The lowest BCUT2D eigenvalue weighted by Crippen LogP contribution is -2.48. The minimum absolute atomic E-state index is 0.0608. The summed E-state index contributed by atoms with van der Waals surface area (Å²) in [5, 5.41) is 21.7. The van der Waals surface area contributed by atoms with Gasteiger partial charge in [0.25, 0.3) is 5.91 Å². The first kappa shape index (κ1) is 25.5. The number of fused-ring (bicyclic) bond motifs is 2. The number of aliphatic hydroxyl groups excluding tert-OH is 1. The maximum Gasteiger partial charge on any atom is 0.255 e. The van der Waals surface area contributed by atoms with Gasteiger partial charge in [-0.3, -0.25) is 4.79 Å². The van der Waals surface area contributed by atoms with Crippen LogP contribution in [-0.2, 0) is 9.84 Å². The van der Waals surface area contributed by atoms with Crippen molar-refractivity contribution >= 4 is 27.1 Å². The highest BCUT2D eigenvalue weighted by atomic mass is 32.2. The summed E-state index contributed by atoms with van der Waals surface area (Å²) >= 11 is 0. The van der Waals surface area contributed by atoms with Crippen molar-refractivity contribution in [2.24, 2.45) is 11.8 Å². The maximum atomic E-state index is 13.9. The molecule has 0 radical (unpaired) electrons. The van der Waals surface area contributed by atoms with E-state index in [-0.39, 0.29) is 40.8 Å². The van der Waals surface area contributed by atoms with Crippen LogP contribution in [0.5, 0.6) is 0 Å². The summed E-state index contributed by atoms with van der Waals surface area (Å²) in [6, 6.07) is 5.35. The average Bonchev–Trinajstić information content (AvgIpc) is 3.10. The van der Waals surface area contributed by atoms with E-state index in [2.05, 4.69) is 5.32 Å². The zero-order valence-electron chi connectivity index (χ0n) is 19.3. The zero-order valence-corrected chi connectivity index (χ0v) is 20.1. The van der Waals surface area contributed by atoms with Crippen molar-refractivity contribution in [2.45, 2.75) is 41.4 Å². The minimum atomic E-state index is -3.96. The van der Waals surface area contributed by atoms with Crippen LogP contribution in [0, 0.1) is 29.3 Å². The summed E-state index contributed by atoms with van der Waals surface area (Å²) in [6.07, 6.45) is 1.55. The number of rotatable bonds is 6. The smallest absolute Gasteiger partial charge is 0.255 e. The van der Waals surface area contributed by atoms with Gasteiger partial charge in [-0.1, -0.05) is 0 Å². The van der Waals surface area contributed by atoms with Gasteiger partial charge in [-0.25, -0.2) is 21.6 Å². The van der Waals surface area contributed by atoms with Crippen molar-refractivity contribution in [3.63, 3.8) is 0 Å². The Labute approximate surface area is 201 Å². The number of carbonyl (C=O) groups excluding carboxylic acids is 1. The summed E-state index contributed by atoms with van der Waals surface area (Å²) in [6.45, 7) is -0.435. The number of hydrogen-bond acceptors (Lipinski definition) is 6. The number of aliphatic hydroxyl groups is 2. The molecule has 2 aliphatic rings. The molecule has 2 aromatic rings. The monoisotopic (exact) mass is 512 g/mol. The molecule has 2 aromatic carbocycles. The highest BCUT2D eigenvalue weighted by Gasteiger charge is 2.54. The van der Waals surface area contributed by atoms with Gasteiger partial charge in [0, 0.05) is 37.5 Å². The summed E-state index contributed by atoms with van der Waals surface area (Å²) in [4.78, 5) is 14.3. The molecular weight excluding hydrogens is 485 g/mol. The second kappa shape index (κ2) is 9.11. The Morgan fingerprint density at radius 3 is 2.17 bits per heavy atom. The molecule has 4 atom stereocenters. The van der Waals surface area contributed by atoms with Gasteiger partial charge in [-0.15, -0.1) is 0 Å². The van der Waals surface area contributed by atoms with E-state index in [0.29, 0.717) is 30.7 Å². The first-order valence-electron chi connectivity index (χ1n) is 11.2. The Hall–Kier alpha value is -2.63. The Balaban J connectivity index is 1.69. The quantitative estimate of drug-likeness (QED) is 0.514. The van der Waals surface area contributed by atoms with Crippen molar-refractivity contribution in [1.82, 2.24) is 0 Å². The summed E-state index contributed by atoms with van der Waals surface area (Å²) in [7, 11) is -0.634. The number of anilines is 2. The molecular formula is C24H27F3N2O5S. The first-order valence-corrected chi connectivity index (χ1v) is 12.8. The van der Waals surface area contributed by atoms with E-state index < -0.39 is 50.7 Å². The van der Waals surface area contributed by atoms with E-state index in [9.17, 15) is 36.6 Å². The number of nitrogens with zero attached hydrogens (tertiary/aromatic N) is 1. The molecule has 35 heavy (non-hydrogen) atoms. The van der Waals surface area contributed by atoms with Gasteiger partial charge in [-0.2, -0.15) is 0 Å². The number of hydrogen-bond donors (Lipinski definition) is 3. The van der Waals surface area contributed by atoms with Crippen LogP contribution < -0.4 is 10.2 Å². The van der Waals surface area contributed by atoms with Crippen LogP contribution in [0.25, 0.3) is 0 Å². The van der Waals surface area contributed by atoms with Crippen LogP contribution in [0.4, 0.5) is 24.5 Å². The van der Waals surface area contributed by atoms with Gasteiger partial charge in [0.1, 0.15) is 0 Å². The van der Waals surface area contributed by atoms with E-state index >= 15 is 0 Å². The fraction of sp³-hybridized carbons (Fsp3) is 0.458. The Morgan fingerprint density at radius 2 is 1.66 bits per heavy atom. The summed E-state index contributed by atoms with van der Waals surface area (Å²) in [5.74, 6) is -6.10. The summed E-state index contributed by atoms with van der Waals surface area (Å²) in [5.41, 5.74) is -1.32. The minimum Gasteiger partial charge on any atom is -0.393 e. The molecule has 2 fully saturated rings. The number of amides is 1. The first-order chi connectivity index (χ1) is 16.4. The van der Waals surface area contributed by atoms with Crippen LogP contribution >= 0.6 is 0 Å². The van der Waals surface area contributed by atoms with Crippen LogP contribution in [-0.4, -0.2) is 56.1 Å². The third-order valence-corrected chi connectivity index (χ3v) is 9.45. The predicted molar refractivity (Wildman–Crippen MR) is 123 cm³/mol. The second-order valence-electron chi connectivity index (χ2n) is 9.68. The lowest BCUT2D eigenvalue weighted by Gasteiger charge is -2.40. The van der Waals surface area contributed by atoms with Crippen molar-refractivity contribution in [3.05, 3.63) is 53.3 Å². The number of nitrogens with one attached hydrogen (secondary N) is 1. The van der Waals surface area contributed by atoms with Crippen LogP contribution in [0.2, 0.25) is 0 Å². The molecule has 2 bridgehead atoms. The van der Waals surface area contributed by atoms with E-state index in [1.807, 2.05) is 0 Å². The van der Waals surface area contributed by atoms with E-state index in [1.54, 1.807) is 19.0 Å². The number of sulfone groups is 1. The molecule has 190 valence electrons. The molecule has 0 aliphatic heterocycles. The van der Waals surface area contributed by atoms with Crippen molar-refractivity contribution in [1.29, 1.82) is 0 Å². The third-order valence-electron chi connectivity index (χ3n) is 7.03. The SMILES string of the molecule is CN(C)c1ccc(C(=O)Nc2cc(F)c(F)c(F)c2)cc1S(=O)(=O)C1C2CC[C@H]1C[C@](O)(CO)C2. The third kappa shape index (κ3) is 4.64. The summed E-state index contributed by atoms with van der Waals surface area (Å²) < 4.78 is 68.1. The normalized spacial score (nSPS) is 26.0. The van der Waals surface area contributed by atoms with Crippen molar-refractivity contribution in [3.8, 4) is 0 Å². The molecule has 7 nitrogen and oxygen atoms in total. The molecule has 2 aliphatic carbocycles. The predicted octanol–water partition coefficient (Wildman–Crippen LogP) is 3.11. The molecule has 0 heterocycles. The lowest BCUT2D eigenvalue weighted by atomic mass is 9.77. The fourth-order valence-electron chi connectivity index (χ4n) is 5.50. The molecule has 0 aromatic heterocycles. The molecule has 4 rings (SSSR count). The zero-order chi connectivity index (χ0) is 25.7. The highest BCUT2D eigenvalue weighted by Crippen LogP contribution is 2.51. The second-order valence-corrected chi connectivity index (χ2v) is 11.8. The molecule has 2 saturated carbocycles. The van der Waals surface area contributed by atoms with E-state index in [0.717, 1.165) is 0 Å². The molecule has 1 amide bonds. The molecule has 0 saturated heterocycles. The molecule has 0 spiro atoms. The van der Waals surface area contributed by atoms with Gasteiger partial charge < -0.3 is 20.4 Å². The molecule has 3 N–H and O–H groups in total. The van der Waals surface area contributed by atoms with E-state index in [1.165, 1.54) is 18.2 Å². The average molecular weight is 513 g/mol. The van der Waals surface area contributed by atoms with Gasteiger partial charge in [0.2, 0.25) is 0 Å². The Kier molecular flexibility index (Phi) is 6.62. The number of benzene rings is 2. The fourth-order valence-corrected chi connectivity index (χ4v) is 8.11. The number of carbonyl (C=O) groups is 1. The maximum absolute atomic E-state index is 13.9. The lowest BCUT2D eigenvalue weighted by molar-refractivity contribution is -0.0597. The van der Waals surface area contributed by atoms with Gasteiger partial charge in [-0.05, 0) is 55.7 Å². The standard InChI is InChI=1S/C24H27F3N2O5S/c1-29(2)19-6-5-13(23(31)28-16-8-17(25)21(27)18(26)9-16)7-20(19)35(33,34)22-14-3-4-15(22)11-24(32,10-14)12-30/h5-9,14-15,22,30,32H,3-4,10-12H2,1-2H3,(H,28,31)/t14-,15?,22?,24+/m0/s1. The van der Waals surface area contributed by atoms with Crippen molar-refractivity contribution < 1.29 is 36.6 Å². The molecule has 11 heteroatoms. The van der Waals surface area contributed by atoms with Crippen LogP contribution in [0.3, 0.4) is 0 Å². The van der Waals surface area contributed by atoms with Gasteiger partial charge in [0.15, 0.2) is 27.3 Å². The van der Waals surface area contributed by atoms with Crippen LogP contribution in [0.1, 0.15) is 36.0 Å². The van der Waals surface area contributed by atoms with Crippen molar-refractivity contribution in [2.75, 3.05) is 30.9 Å². The largest absolute Gasteiger partial charge is 0.393 e. The van der Waals surface area contributed by atoms with Gasteiger partial charge >= 0.3 is 0 Å². The van der Waals surface area contributed by atoms with Crippen LogP contribution in [0.15, 0.2) is 35.2 Å². The highest BCUT2D eigenvalue weighted by molar-refractivity contribution is 7.92. The Morgan fingerprint density at radius 1 is 1.09 bits per heavy atom. The van der Waals surface area contributed by atoms with E-state index in [4.69, 9.17) is 0 Å². The number of halogens is 3.